The van der Waals surface area contributed by atoms with E-state index in [4.69, 9.17) is 11.6 Å². The Labute approximate surface area is 157 Å². The van der Waals surface area contributed by atoms with Crippen molar-refractivity contribution >= 4 is 34.1 Å². The number of aromatic amines is 1. The Kier molecular flexibility index (Phi) is 4.97. The molecular formula is C19H14ClF3N2O2. The number of alkyl halides is 3. The molecule has 0 aliphatic rings. The Morgan fingerprint density at radius 1 is 1.15 bits per heavy atom. The number of fused-ring (bicyclic) bond motifs is 1. The van der Waals surface area contributed by atoms with E-state index in [0.29, 0.717) is 16.6 Å². The Hall–Kier alpha value is -2.80. The largest absolute Gasteiger partial charge is 0.418 e. The normalized spacial score (nSPS) is 11.6. The molecule has 2 N–H and O–H groups in total. The molecule has 4 nitrogen and oxygen atoms in total. The van der Waals surface area contributed by atoms with Gasteiger partial charge in [-0.3, -0.25) is 9.59 Å². The van der Waals surface area contributed by atoms with E-state index >= 15 is 0 Å². The van der Waals surface area contributed by atoms with E-state index in [0.717, 1.165) is 17.5 Å². The molecule has 1 amide bonds. The highest BCUT2D eigenvalue weighted by atomic mass is 35.5. The molecule has 140 valence electrons. The lowest BCUT2D eigenvalue weighted by molar-refractivity contribution is -0.137. The molecular weight excluding hydrogens is 381 g/mol. The number of benzene rings is 2. The van der Waals surface area contributed by atoms with Crippen LogP contribution in [0.2, 0.25) is 5.02 Å². The van der Waals surface area contributed by atoms with Crippen LogP contribution in [0.15, 0.2) is 47.3 Å². The number of amides is 1. The molecule has 0 atom stereocenters. The zero-order chi connectivity index (χ0) is 19.8. The summed E-state index contributed by atoms with van der Waals surface area (Å²) in [5.74, 6) is -0.594. The topological polar surface area (TPSA) is 62.0 Å². The zero-order valence-electron chi connectivity index (χ0n) is 14.1. The summed E-state index contributed by atoms with van der Waals surface area (Å²) in [6.45, 7) is 1.66. The van der Waals surface area contributed by atoms with Gasteiger partial charge in [0.05, 0.1) is 17.7 Å². The third kappa shape index (κ3) is 4.31. The van der Waals surface area contributed by atoms with Crippen molar-refractivity contribution in [1.82, 2.24) is 4.98 Å². The predicted octanol–water partition coefficient (Wildman–Crippen LogP) is 4.69. The van der Waals surface area contributed by atoms with Crippen LogP contribution in [-0.2, 0) is 17.4 Å². The molecule has 2 aromatic carbocycles. The molecule has 0 unspecified atom stereocenters. The Balaban J connectivity index is 1.83. The lowest BCUT2D eigenvalue weighted by atomic mass is 10.1. The van der Waals surface area contributed by atoms with Gasteiger partial charge in [0.15, 0.2) is 0 Å². The molecule has 0 saturated carbocycles. The number of hydrogen-bond acceptors (Lipinski definition) is 2. The monoisotopic (exact) mass is 394 g/mol. The minimum absolute atomic E-state index is 0.0702. The third-order valence-corrected chi connectivity index (χ3v) is 4.26. The first-order chi connectivity index (χ1) is 12.6. The van der Waals surface area contributed by atoms with E-state index in [1.54, 1.807) is 31.2 Å². The highest BCUT2D eigenvalue weighted by Gasteiger charge is 2.34. The minimum Gasteiger partial charge on any atom is -0.325 e. The zero-order valence-corrected chi connectivity index (χ0v) is 14.8. The summed E-state index contributed by atoms with van der Waals surface area (Å²) in [7, 11) is 0. The van der Waals surface area contributed by atoms with Crippen LogP contribution in [0, 0.1) is 6.92 Å². The van der Waals surface area contributed by atoms with Crippen molar-refractivity contribution < 1.29 is 18.0 Å². The number of aromatic nitrogens is 1. The summed E-state index contributed by atoms with van der Waals surface area (Å²) >= 11 is 5.63. The van der Waals surface area contributed by atoms with Crippen molar-refractivity contribution in [2.75, 3.05) is 5.32 Å². The standard InChI is InChI=1S/C19H14ClF3N2O2/c1-10-6-12-7-11(2-4-15(12)25-18(10)27)8-17(26)24-16-5-3-13(20)9-14(16)19(21,22)23/h2-7,9H,8H2,1H3,(H,24,26)(H,25,27). The van der Waals surface area contributed by atoms with Gasteiger partial charge < -0.3 is 10.3 Å². The highest BCUT2D eigenvalue weighted by Crippen LogP contribution is 2.36. The van der Waals surface area contributed by atoms with Crippen LogP contribution >= 0.6 is 11.6 Å². The van der Waals surface area contributed by atoms with Crippen molar-refractivity contribution in [1.29, 1.82) is 0 Å². The van der Waals surface area contributed by atoms with Gasteiger partial charge in [-0.25, -0.2) is 0 Å². The van der Waals surface area contributed by atoms with Crippen LogP contribution in [0.25, 0.3) is 10.9 Å². The van der Waals surface area contributed by atoms with Gasteiger partial charge in [0.25, 0.3) is 5.56 Å². The number of pyridine rings is 1. The van der Waals surface area contributed by atoms with Crippen LogP contribution < -0.4 is 10.9 Å². The molecule has 27 heavy (non-hydrogen) atoms. The summed E-state index contributed by atoms with van der Waals surface area (Å²) in [4.78, 5) is 26.6. The molecule has 0 saturated heterocycles. The molecule has 0 aliphatic heterocycles. The Morgan fingerprint density at radius 2 is 1.89 bits per heavy atom. The number of carbonyl (C=O) groups is 1. The fourth-order valence-corrected chi connectivity index (χ4v) is 2.89. The van der Waals surface area contributed by atoms with Crippen LogP contribution in [-0.4, -0.2) is 10.9 Å². The molecule has 3 aromatic rings. The number of carbonyl (C=O) groups excluding carboxylic acids is 1. The second-order valence-electron chi connectivity index (χ2n) is 6.12. The lowest BCUT2D eigenvalue weighted by Crippen LogP contribution is -2.18. The van der Waals surface area contributed by atoms with Gasteiger partial charge in [0.1, 0.15) is 0 Å². The lowest BCUT2D eigenvalue weighted by Gasteiger charge is -2.14. The minimum atomic E-state index is -4.64. The average Bonchev–Trinajstić information content (AvgIpc) is 2.57. The molecule has 0 bridgehead atoms. The van der Waals surface area contributed by atoms with Crippen LogP contribution in [0.5, 0.6) is 0 Å². The van der Waals surface area contributed by atoms with Crippen LogP contribution in [0.4, 0.5) is 18.9 Å². The first-order valence-electron chi connectivity index (χ1n) is 7.92. The van der Waals surface area contributed by atoms with E-state index in [1.807, 2.05) is 0 Å². The number of halogens is 4. The molecule has 3 rings (SSSR count). The van der Waals surface area contributed by atoms with E-state index in [1.165, 1.54) is 6.07 Å². The second-order valence-corrected chi connectivity index (χ2v) is 6.55. The number of anilines is 1. The van der Waals surface area contributed by atoms with Gasteiger partial charge >= 0.3 is 6.18 Å². The van der Waals surface area contributed by atoms with Gasteiger partial charge in [-0.15, -0.1) is 0 Å². The molecule has 8 heteroatoms. The van der Waals surface area contributed by atoms with Gasteiger partial charge in [0, 0.05) is 16.1 Å². The molecule has 0 fully saturated rings. The van der Waals surface area contributed by atoms with Gasteiger partial charge in [-0.05, 0) is 54.3 Å². The molecule has 0 aliphatic carbocycles. The number of hydrogen-bond donors (Lipinski definition) is 2. The van der Waals surface area contributed by atoms with Crippen molar-refractivity contribution in [2.45, 2.75) is 19.5 Å². The summed E-state index contributed by atoms with van der Waals surface area (Å²) < 4.78 is 39.3. The van der Waals surface area contributed by atoms with E-state index in [2.05, 4.69) is 10.3 Å². The molecule has 0 spiro atoms. The van der Waals surface area contributed by atoms with E-state index in [-0.39, 0.29) is 22.7 Å². The fraction of sp³-hybridized carbons (Fsp3) is 0.158. The highest BCUT2D eigenvalue weighted by molar-refractivity contribution is 6.30. The van der Waals surface area contributed by atoms with Crippen LogP contribution in [0.1, 0.15) is 16.7 Å². The fourth-order valence-electron chi connectivity index (χ4n) is 2.71. The number of aryl methyl sites for hydroxylation is 1. The van der Waals surface area contributed by atoms with Gasteiger partial charge in [0.2, 0.25) is 5.91 Å². The predicted molar refractivity (Wildman–Crippen MR) is 98.1 cm³/mol. The summed E-state index contributed by atoms with van der Waals surface area (Å²) in [6.07, 6.45) is -4.76. The van der Waals surface area contributed by atoms with Crippen molar-refractivity contribution in [3.8, 4) is 0 Å². The van der Waals surface area contributed by atoms with Crippen molar-refractivity contribution in [3.05, 3.63) is 74.5 Å². The maximum Gasteiger partial charge on any atom is 0.418 e. The number of nitrogens with one attached hydrogen (secondary N) is 2. The number of H-pyrrole nitrogens is 1. The molecule has 1 heterocycles. The second kappa shape index (κ2) is 7.08. The van der Waals surface area contributed by atoms with E-state index in [9.17, 15) is 22.8 Å². The van der Waals surface area contributed by atoms with Gasteiger partial charge in [-0.1, -0.05) is 17.7 Å². The first-order valence-corrected chi connectivity index (χ1v) is 8.30. The SMILES string of the molecule is Cc1cc2cc(CC(=O)Nc3ccc(Cl)cc3C(F)(F)F)ccc2[nH]c1=O. The molecule has 1 aromatic heterocycles. The molecule has 0 radical (unpaired) electrons. The maximum absolute atomic E-state index is 13.1. The summed E-state index contributed by atoms with van der Waals surface area (Å²) in [5.41, 5.74) is 0.198. The maximum atomic E-state index is 13.1. The first kappa shape index (κ1) is 19.0. The van der Waals surface area contributed by atoms with Crippen LogP contribution in [0.3, 0.4) is 0 Å². The Morgan fingerprint density at radius 3 is 2.59 bits per heavy atom. The van der Waals surface area contributed by atoms with E-state index < -0.39 is 17.6 Å². The quantitative estimate of drug-likeness (QED) is 0.677. The smallest absolute Gasteiger partial charge is 0.325 e. The van der Waals surface area contributed by atoms with Crippen molar-refractivity contribution in [2.24, 2.45) is 0 Å². The Bertz CT molecular complexity index is 1090. The summed E-state index contributed by atoms with van der Waals surface area (Å²) in [5, 5.41) is 2.95. The van der Waals surface area contributed by atoms with Gasteiger partial charge in [-0.2, -0.15) is 13.2 Å². The average molecular weight is 395 g/mol. The summed E-state index contributed by atoms with van der Waals surface area (Å²) in [6, 6.07) is 9.87. The van der Waals surface area contributed by atoms with Crippen molar-refractivity contribution in [3.63, 3.8) is 0 Å². The number of rotatable bonds is 3. The third-order valence-electron chi connectivity index (χ3n) is 4.02.